The SMILES string of the molecule is CCOC(C)C(=O)OCOc1c(OC)ccnc1C(C)=O. The molecule has 0 saturated heterocycles. The summed E-state index contributed by atoms with van der Waals surface area (Å²) in [7, 11) is 1.44. The zero-order valence-corrected chi connectivity index (χ0v) is 12.5. The van der Waals surface area contributed by atoms with Crippen LogP contribution in [0.15, 0.2) is 12.3 Å². The largest absolute Gasteiger partial charge is 0.493 e. The minimum absolute atomic E-state index is 0.114. The molecule has 0 aliphatic rings. The van der Waals surface area contributed by atoms with Crippen molar-refractivity contribution < 1.29 is 28.5 Å². The van der Waals surface area contributed by atoms with Gasteiger partial charge in [0.05, 0.1) is 7.11 Å². The molecule has 21 heavy (non-hydrogen) atoms. The third-order valence-corrected chi connectivity index (χ3v) is 2.57. The van der Waals surface area contributed by atoms with E-state index in [1.165, 1.54) is 20.2 Å². The number of Topliss-reactive ketones (excluding diaryl/α,β-unsaturated/α-hetero) is 1. The number of esters is 1. The molecule has 1 aromatic heterocycles. The van der Waals surface area contributed by atoms with Gasteiger partial charge in [0.25, 0.3) is 0 Å². The Balaban J connectivity index is 2.71. The van der Waals surface area contributed by atoms with E-state index in [1.807, 2.05) is 0 Å². The first-order valence-corrected chi connectivity index (χ1v) is 6.46. The zero-order chi connectivity index (χ0) is 15.8. The van der Waals surface area contributed by atoms with Crippen molar-refractivity contribution in [1.29, 1.82) is 0 Å². The normalized spacial score (nSPS) is 11.6. The summed E-state index contributed by atoms with van der Waals surface area (Å²) < 4.78 is 20.4. The second kappa shape index (κ2) is 8.21. The minimum Gasteiger partial charge on any atom is -0.493 e. The number of aromatic nitrogens is 1. The molecule has 0 aliphatic carbocycles. The van der Waals surface area contributed by atoms with Crippen molar-refractivity contribution in [3.05, 3.63) is 18.0 Å². The molecule has 0 amide bonds. The van der Waals surface area contributed by atoms with E-state index < -0.39 is 12.1 Å². The number of ether oxygens (including phenoxy) is 4. The molecule has 1 unspecified atom stereocenters. The highest BCUT2D eigenvalue weighted by atomic mass is 16.7. The number of carbonyl (C=O) groups is 2. The van der Waals surface area contributed by atoms with Crippen molar-refractivity contribution in [2.75, 3.05) is 20.5 Å². The van der Waals surface area contributed by atoms with E-state index in [1.54, 1.807) is 19.9 Å². The Labute approximate surface area is 123 Å². The molecule has 1 heterocycles. The van der Waals surface area contributed by atoms with E-state index in [2.05, 4.69) is 4.98 Å². The molecule has 0 fully saturated rings. The van der Waals surface area contributed by atoms with Crippen LogP contribution in [-0.2, 0) is 14.3 Å². The first-order chi connectivity index (χ1) is 10.0. The highest BCUT2D eigenvalue weighted by molar-refractivity contribution is 5.95. The maximum Gasteiger partial charge on any atom is 0.337 e. The van der Waals surface area contributed by atoms with Crippen molar-refractivity contribution in [3.8, 4) is 11.5 Å². The average molecular weight is 297 g/mol. The number of methoxy groups -OCH3 is 1. The molecule has 7 heteroatoms. The summed E-state index contributed by atoms with van der Waals surface area (Å²) in [6.45, 7) is 4.76. The molecule has 0 aromatic carbocycles. The Morgan fingerprint density at radius 3 is 2.67 bits per heavy atom. The van der Waals surface area contributed by atoms with Gasteiger partial charge in [-0.1, -0.05) is 0 Å². The van der Waals surface area contributed by atoms with E-state index in [9.17, 15) is 9.59 Å². The van der Waals surface area contributed by atoms with Crippen molar-refractivity contribution in [1.82, 2.24) is 4.98 Å². The maximum absolute atomic E-state index is 11.6. The van der Waals surface area contributed by atoms with E-state index >= 15 is 0 Å². The van der Waals surface area contributed by atoms with Crippen LogP contribution in [0.2, 0.25) is 0 Å². The Bertz CT molecular complexity index is 502. The lowest BCUT2D eigenvalue weighted by atomic mass is 10.2. The molecular formula is C14H19NO6. The van der Waals surface area contributed by atoms with Gasteiger partial charge in [0.2, 0.25) is 6.79 Å². The number of pyridine rings is 1. The number of hydrogen-bond donors (Lipinski definition) is 0. The summed E-state index contributed by atoms with van der Waals surface area (Å²) in [4.78, 5) is 27.0. The van der Waals surface area contributed by atoms with E-state index in [4.69, 9.17) is 18.9 Å². The van der Waals surface area contributed by atoms with E-state index in [-0.39, 0.29) is 24.0 Å². The Hall–Kier alpha value is -2.15. The van der Waals surface area contributed by atoms with Gasteiger partial charge in [-0.25, -0.2) is 9.78 Å². The summed E-state index contributed by atoms with van der Waals surface area (Å²) in [5.41, 5.74) is 0.114. The summed E-state index contributed by atoms with van der Waals surface area (Å²) >= 11 is 0. The molecule has 1 aromatic rings. The van der Waals surface area contributed by atoms with Gasteiger partial charge in [-0.05, 0) is 13.8 Å². The summed E-state index contributed by atoms with van der Waals surface area (Å²) in [6, 6.07) is 1.55. The second-order valence-corrected chi connectivity index (χ2v) is 4.07. The van der Waals surface area contributed by atoms with Crippen molar-refractivity contribution >= 4 is 11.8 Å². The monoisotopic (exact) mass is 297 g/mol. The lowest BCUT2D eigenvalue weighted by Gasteiger charge is -2.14. The van der Waals surface area contributed by atoms with Crippen LogP contribution >= 0.6 is 0 Å². The quantitative estimate of drug-likeness (QED) is 0.409. The predicted molar refractivity (Wildman–Crippen MR) is 73.5 cm³/mol. The molecule has 0 spiro atoms. The number of hydrogen-bond acceptors (Lipinski definition) is 7. The van der Waals surface area contributed by atoms with Gasteiger partial charge < -0.3 is 18.9 Å². The van der Waals surface area contributed by atoms with Gasteiger partial charge >= 0.3 is 5.97 Å². The fraction of sp³-hybridized carbons (Fsp3) is 0.500. The van der Waals surface area contributed by atoms with Crippen molar-refractivity contribution in [3.63, 3.8) is 0 Å². The third kappa shape index (κ3) is 4.71. The van der Waals surface area contributed by atoms with E-state index in [0.717, 1.165) is 0 Å². The highest BCUT2D eigenvalue weighted by Gasteiger charge is 2.18. The molecule has 0 radical (unpaired) electrons. The van der Waals surface area contributed by atoms with Crippen molar-refractivity contribution in [2.45, 2.75) is 26.9 Å². The molecule has 0 N–H and O–H groups in total. The first-order valence-electron chi connectivity index (χ1n) is 6.46. The lowest BCUT2D eigenvalue weighted by molar-refractivity contribution is -0.162. The topological polar surface area (TPSA) is 84.0 Å². The lowest BCUT2D eigenvalue weighted by Crippen LogP contribution is -2.25. The van der Waals surface area contributed by atoms with Crippen LogP contribution in [-0.4, -0.2) is 43.4 Å². The number of ketones is 1. The van der Waals surface area contributed by atoms with E-state index in [0.29, 0.717) is 12.4 Å². The van der Waals surface area contributed by atoms with Crippen LogP contribution in [0.25, 0.3) is 0 Å². The molecule has 0 bridgehead atoms. The van der Waals surface area contributed by atoms with Gasteiger partial charge in [-0.2, -0.15) is 0 Å². The van der Waals surface area contributed by atoms with Crippen LogP contribution in [0.1, 0.15) is 31.3 Å². The Kier molecular flexibility index (Phi) is 6.61. The van der Waals surface area contributed by atoms with Gasteiger partial charge in [0.1, 0.15) is 0 Å². The molecule has 1 rings (SSSR count). The standard InChI is InChI=1S/C14H19NO6/c1-5-19-10(3)14(17)21-8-20-13-11(18-4)6-7-15-12(13)9(2)16/h6-7,10H,5,8H2,1-4H3. The van der Waals surface area contributed by atoms with Crippen molar-refractivity contribution in [2.24, 2.45) is 0 Å². The van der Waals surface area contributed by atoms with Crippen LogP contribution in [0, 0.1) is 0 Å². The smallest absolute Gasteiger partial charge is 0.337 e. The van der Waals surface area contributed by atoms with Crippen LogP contribution in [0.5, 0.6) is 11.5 Å². The fourth-order valence-corrected chi connectivity index (χ4v) is 1.56. The maximum atomic E-state index is 11.6. The Morgan fingerprint density at radius 1 is 1.38 bits per heavy atom. The third-order valence-electron chi connectivity index (χ3n) is 2.57. The molecular weight excluding hydrogens is 278 g/mol. The van der Waals surface area contributed by atoms with Crippen LogP contribution < -0.4 is 9.47 Å². The molecule has 0 aliphatic heterocycles. The predicted octanol–water partition coefficient (Wildman–Crippen LogP) is 1.60. The summed E-state index contributed by atoms with van der Waals surface area (Å²) in [5, 5.41) is 0. The summed E-state index contributed by atoms with van der Waals surface area (Å²) in [5.74, 6) is -0.351. The first kappa shape index (κ1) is 16.9. The highest BCUT2D eigenvalue weighted by Crippen LogP contribution is 2.29. The number of nitrogens with zero attached hydrogens (tertiary/aromatic N) is 1. The molecule has 1 atom stereocenters. The van der Waals surface area contributed by atoms with Gasteiger partial charge in [0, 0.05) is 25.8 Å². The van der Waals surface area contributed by atoms with Gasteiger partial charge in [-0.15, -0.1) is 0 Å². The average Bonchev–Trinajstić information content (AvgIpc) is 2.47. The van der Waals surface area contributed by atoms with Gasteiger partial charge in [0.15, 0.2) is 29.1 Å². The molecule has 7 nitrogen and oxygen atoms in total. The summed E-state index contributed by atoms with van der Waals surface area (Å²) in [6.07, 6.45) is 0.757. The van der Waals surface area contributed by atoms with Crippen LogP contribution in [0.3, 0.4) is 0 Å². The zero-order valence-electron chi connectivity index (χ0n) is 12.5. The minimum atomic E-state index is -0.679. The van der Waals surface area contributed by atoms with Gasteiger partial charge in [-0.3, -0.25) is 4.79 Å². The molecule has 116 valence electrons. The van der Waals surface area contributed by atoms with Crippen LogP contribution in [0.4, 0.5) is 0 Å². The molecule has 0 saturated carbocycles. The number of carbonyl (C=O) groups excluding carboxylic acids is 2. The fourth-order valence-electron chi connectivity index (χ4n) is 1.56. The Morgan fingerprint density at radius 2 is 2.10 bits per heavy atom. The second-order valence-electron chi connectivity index (χ2n) is 4.07. The number of rotatable bonds is 8.